The maximum Gasteiger partial charge on any atom is 0.246 e. The molecule has 1 aromatic heterocycles. The Kier molecular flexibility index (Phi) is 9.10. The fraction of sp³-hybridized carbons (Fsp3) is 0.412. The third kappa shape index (κ3) is 6.78. The highest BCUT2D eigenvalue weighted by Gasteiger charge is 2.32. The Morgan fingerprint density at radius 1 is 1.14 bits per heavy atom. The Balaban J connectivity index is 1.23. The van der Waals surface area contributed by atoms with Gasteiger partial charge in [0.2, 0.25) is 5.91 Å². The number of fused-ring (bicyclic) bond motifs is 1. The zero-order valence-electron chi connectivity index (χ0n) is 24.7. The monoisotopic (exact) mass is 580 g/mol. The van der Waals surface area contributed by atoms with Crippen molar-refractivity contribution in [3.05, 3.63) is 72.3 Å². The minimum absolute atomic E-state index is 0.0175. The fourth-order valence-corrected chi connectivity index (χ4v) is 5.98. The molecule has 3 aromatic rings. The van der Waals surface area contributed by atoms with Gasteiger partial charge in [-0.2, -0.15) is 5.10 Å². The summed E-state index contributed by atoms with van der Waals surface area (Å²) in [6.07, 6.45) is 9.91. The van der Waals surface area contributed by atoms with Crippen molar-refractivity contribution in [3.8, 4) is 22.8 Å². The van der Waals surface area contributed by atoms with Crippen LogP contribution in [0.25, 0.3) is 11.3 Å². The van der Waals surface area contributed by atoms with Crippen LogP contribution in [0.2, 0.25) is 0 Å². The van der Waals surface area contributed by atoms with Crippen LogP contribution in [0.15, 0.2) is 71.7 Å². The summed E-state index contributed by atoms with van der Waals surface area (Å²) in [5.74, 6) is 2.46. The molecule has 9 heteroatoms. The van der Waals surface area contributed by atoms with Crippen molar-refractivity contribution in [1.29, 1.82) is 5.41 Å². The molecule has 0 radical (unpaired) electrons. The molecular weight excluding hydrogens is 540 g/mol. The summed E-state index contributed by atoms with van der Waals surface area (Å²) in [5.41, 5.74) is 3.01. The molecule has 3 aliphatic rings. The molecule has 2 fully saturated rings. The van der Waals surface area contributed by atoms with E-state index < -0.39 is 0 Å². The van der Waals surface area contributed by atoms with Crippen LogP contribution < -0.4 is 10.1 Å². The predicted octanol–water partition coefficient (Wildman–Crippen LogP) is 5.94. The van der Waals surface area contributed by atoms with E-state index in [1.807, 2.05) is 76.5 Å². The molecular formula is C34H40N6O3. The first-order valence-electron chi connectivity index (χ1n) is 15.4. The Hall–Kier alpha value is -4.08. The van der Waals surface area contributed by atoms with Gasteiger partial charge in [0.1, 0.15) is 17.2 Å². The van der Waals surface area contributed by atoms with Crippen LogP contribution in [0.5, 0.6) is 11.5 Å². The van der Waals surface area contributed by atoms with Crippen molar-refractivity contribution in [2.24, 2.45) is 10.9 Å². The van der Waals surface area contributed by atoms with Crippen molar-refractivity contribution >= 4 is 23.7 Å². The van der Waals surface area contributed by atoms with E-state index in [1.165, 1.54) is 0 Å². The van der Waals surface area contributed by atoms with Gasteiger partial charge in [-0.25, -0.2) is 9.67 Å². The Labute approximate surface area is 253 Å². The van der Waals surface area contributed by atoms with E-state index in [2.05, 4.69) is 12.2 Å². The van der Waals surface area contributed by atoms with E-state index in [0.29, 0.717) is 31.3 Å². The number of aromatic nitrogens is 2. The molecule has 1 amide bonds. The molecule has 0 bridgehead atoms. The Morgan fingerprint density at radius 2 is 1.95 bits per heavy atom. The van der Waals surface area contributed by atoms with E-state index in [-0.39, 0.29) is 17.9 Å². The number of amides is 1. The van der Waals surface area contributed by atoms with Crippen molar-refractivity contribution in [1.82, 2.24) is 20.0 Å². The first-order valence-corrected chi connectivity index (χ1v) is 15.4. The van der Waals surface area contributed by atoms with Gasteiger partial charge in [0, 0.05) is 55.8 Å². The van der Waals surface area contributed by atoms with Crippen molar-refractivity contribution in [2.75, 3.05) is 32.8 Å². The van der Waals surface area contributed by atoms with Gasteiger partial charge in [-0.15, -0.1) is 0 Å². The van der Waals surface area contributed by atoms with Crippen LogP contribution in [-0.2, 0) is 9.53 Å². The molecule has 6 rings (SSSR count). The largest absolute Gasteiger partial charge is 0.457 e. The highest BCUT2D eigenvalue weighted by atomic mass is 16.5. The van der Waals surface area contributed by atoms with Gasteiger partial charge in [0.05, 0.1) is 18.2 Å². The molecule has 224 valence electrons. The molecule has 3 unspecified atom stereocenters. The van der Waals surface area contributed by atoms with E-state index in [4.69, 9.17) is 25.0 Å². The third-order valence-corrected chi connectivity index (χ3v) is 8.46. The third-order valence-electron chi connectivity index (χ3n) is 8.46. The number of nitrogens with one attached hydrogen (secondary N) is 2. The number of piperidine rings is 1. The van der Waals surface area contributed by atoms with E-state index in [1.54, 1.807) is 6.08 Å². The van der Waals surface area contributed by atoms with Gasteiger partial charge >= 0.3 is 0 Å². The van der Waals surface area contributed by atoms with Crippen LogP contribution in [0, 0.1) is 11.3 Å². The van der Waals surface area contributed by atoms with E-state index >= 15 is 0 Å². The normalized spacial score (nSPS) is 22.1. The summed E-state index contributed by atoms with van der Waals surface area (Å²) in [7, 11) is 0. The second kappa shape index (κ2) is 13.5. The van der Waals surface area contributed by atoms with E-state index in [0.717, 1.165) is 79.6 Å². The average Bonchev–Trinajstić information content (AvgIpc) is 3.67. The molecule has 9 nitrogen and oxygen atoms in total. The molecule has 4 heterocycles. The maximum atomic E-state index is 13.1. The van der Waals surface area contributed by atoms with Gasteiger partial charge in [-0.3, -0.25) is 4.79 Å². The molecule has 2 aromatic carbocycles. The molecule has 43 heavy (non-hydrogen) atoms. The number of carbonyl (C=O) groups is 1. The standard InChI is InChI=1S/C34H40N6O3/c1-2-24-20-30(35)32-33(25-12-14-29(15-13-25)43-28-9-4-3-5-10-28)38-40(34(32)37-21-24)27-8-7-18-39(22-27)31(41)11-6-17-36-26-16-19-42-23-26/h3-6,9-15,21,24,26-27,35-36H,2,7-8,16-20,22-23H2,1H3. The maximum absolute atomic E-state index is 13.1. The number of aliphatic imine (C=N–C) groups is 1. The minimum atomic E-state index is -0.0221. The molecule has 0 saturated carbocycles. The lowest BCUT2D eigenvalue weighted by molar-refractivity contribution is -0.127. The highest BCUT2D eigenvalue weighted by molar-refractivity contribution is 6.09. The molecule has 0 aliphatic carbocycles. The van der Waals surface area contributed by atoms with Crippen LogP contribution in [0.3, 0.4) is 0 Å². The number of carbonyl (C=O) groups excluding carboxylic acids is 1. The zero-order chi connectivity index (χ0) is 29.6. The lowest BCUT2D eigenvalue weighted by atomic mass is 9.95. The summed E-state index contributed by atoms with van der Waals surface area (Å²) in [6, 6.07) is 17.9. The lowest BCUT2D eigenvalue weighted by Gasteiger charge is -2.32. The van der Waals surface area contributed by atoms with Crippen LogP contribution in [-0.4, -0.2) is 71.4 Å². The minimum Gasteiger partial charge on any atom is -0.457 e. The first-order chi connectivity index (χ1) is 21.1. The average molecular weight is 581 g/mol. The number of likely N-dealkylation sites (tertiary alicyclic amines) is 1. The second-order valence-electron chi connectivity index (χ2n) is 11.5. The molecule has 2 saturated heterocycles. The predicted molar refractivity (Wildman–Crippen MR) is 169 cm³/mol. The number of ether oxygens (including phenoxy) is 2. The van der Waals surface area contributed by atoms with E-state index in [9.17, 15) is 4.79 Å². The number of para-hydroxylation sites is 1. The van der Waals surface area contributed by atoms with Gasteiger partial charge in [0.15, 0.2) is 5.82 Å². The number of nitrogens with zero attached hydrogens (tertiary/aromatic N) is 4. The highest BCUT2D eigenvalue weighted by Crippen LogP contribution is 2.39. The van der Waals surface area contributed by atoms with Crippen molar-refractivity contribution in [2.45, 2.75) is 51.1 Å². The zero-order valence-corrected chi connectivity index (χ0v) is 24.7. The number of rotatable bonds is 9. The summed E-state index contributed by atoms with van der Waals surface area (Å²) in [6.45, 7) is 5.59. The van der Waals surface area contributed by atoms with Crippen molar-refractivity contribution < 1.29 is 14.3 Å². The number of benzene rings is 2. The van der Waals surface area contributed by atoms with Gasteiger partial charge in [-0.1, -0.05) is 31.2 Å². The molecule has 3 aliphatic heterocycles. The Bertz CT molecular complexity index is 1470. The molecule has 3 atom stereocenters. The first kappa shape index (κ1) is 29.0. The van der Waals surface area contributed by atoms with Gasteiger partial charge in [0.25, 0.3) is 0 Å². The topological polar surface area (TPSA) is 105 Å². The van der Waals surface area contributed by atoms with Gasteiger partial charge in [-0.05, 0) is 74.4 Å². The molecule has 0 spiro atoms. The second-order valence-corrected chi connectivity index (χ2v) is 11.5. The smallest absolute Gasteiger partial charge is 0.246 e. The summed E-state index contributed by atoms with van der Waals surface area (Å²) < 4.78 is 13.4. The SMILES string of the molecule is CCC1C=Nc2c(c(-c3ccc(Oc4ccccc4)cc3)nn2C2CCCN(C(=O)C=CCNC3CCOC3)C2)C(=N)C1. The summed E-state index contributed by atoms with van der Waals surface area (Å²) in [5, 5.41) is 17.6. The van der Waals surface area contributed by atoms with Crippen LogP contribution in [0.1, 0.15) is 50.6 Å². The van der Waals surface area contributed by atoms with Crippen LogP contribution >= 0.6 is 0 Å². The quantitative estimate of drug-likeness (QED) is 0.305. The molecule has 2 N–H and O–H groups in total. The summed E-state index contributed by atoms with van der Waals surface area (Å²) in [4.78, 5) is 20.0. The van der Waals surface area contributed by atoms with Gasteiger partial charge < -0.3 is 25.1 Å². The Morgan fingerprint density at radius 3 is 2.72 bits per heavy atom. The fourth-order valence-electron chi connectivity index (χ4n) is 5.98. The number of hydrogen-bond acceptors (Lipinski definition) is 7. The lowest BCUT2D eigenvalue weighted by Crippen LogP contribution is -2.40. The number of hydrogen-bond donors (Lipinski definition) is 2. The van der Waals surface area contributed by atoms with Crippen molar-refractivity contribution in [3.63, 3.8) is 0 Å². The summed E-state index contributed by atoms with van der Waals surface area (Å²) >= 11 is 0. The van der Waals surface area contributed by atoms with Crippen LogP contribution in [0.4, 0.5) is 5.82 Å².